The minimum Gasteiger partial charge on any atom is -0.444 e. The molecular weight excluding hydrogens is 361 g/mol. The Kier molecular flexibility index (Phi) is 7.29. The number of nitrogens with zero attached hydrogens (tertiary/aromatic N) is 2. The SMILES string of the molecule is CNCC1CCN(C(=O)Cc2coc(-c3ccc(Cl)cc3)n2)CC1.Cl. The average molecular weight is 384 g/mol. The lowest BCUT2D eigenvalue weighted by molar-refractivity contribution is -0.131. The Morgan fingerprint density at radius 2 is 2.00 bits per heavy atom. The third-order valence-corrected chi connectivity index (χ3v) is 4.69. The van der Waals surface area contributed by atoms with Gasteiger partial charge in [-0.15, -0.1) is 12.4 Å². The van der Waals surface area contributed by atoms with Crippen LogP contribution in [-0.4, -0.2) is 42.5 Å². The van der Waals surface area contributed by atoms with Crippen LogP contribution in [0.15, 0.2) is 34.9 Å². The molecule has 0 bridgehead atoms. The van der Waals surface area contributed by atoms with E-state index in [0.29, 0.717) is 22.5 Å². The summed E-state index contributed by atoms with van der Waals surface area (Å²) in [6, 6.07) is 7.29. The first kappa shape index (κ1) is 19.8. The smallest absolute Gasteiger partial charge is 0.228 e. The molecule has 1 aromatic heterocycles. The van der Waals surface area contributed by atoms with E-state index >= 15 is 0 Å². The Morgan fingerprint density at radius 3 is 2.64 bits per heavy atom. The summed E-state index contributed by atoms with van der Waals surface area (Å²) in [6.45, 7) is 2.68. The first-order valence-corrected chi connectivity index (χ1v) is 8.66. The Hall–Kier alpha value is -1.56. The van der Waals surface area contributed by atoms with E-state index in [2.05, 4.69) is 10.3 Å². The minimum absolute atomic E-state index is 0. The van der Waals surface area contributed by atoms with Crippen molar-refractivity contribution in [2.75, 3.05) is 26.7 Å². The molecular formula is C18H23Cl2N3O2. The number of amides is 1. The number of rotatable bonds is 5. The van der Waals surface area contributed by atoms with Crippen LogP contribution in [0.4, 0.5) is 0 Å². The number of piperidine rings is 1. The molecule has 0 unspecified atom stereocenters. The topological polar surface area (TPSA) is 58.4 Å². The number of hydrogen-bond acceptors (Lipinski definition) is 4. The van der Waals surface area contributed by atoms with Gasteiger partial charge in [0.25, 0.3) is 0 Å². The molecule has 25 heavy (non-hydrogen) atoms. The van der Waals surface area contributed by atoms with Gasteiger partial charge in [-0.25, -0.2) is 4.98 Å². The van der Waals surface area contributed by atoms with Crippen LogP contribution < -0.4 is 5.32 Å². The first-order chi connectivity index (χ1) is 11.7. The predicted octanol–water partition coefficient (Wildman–Crippen LogP) is 3.42. The van der Waals surface area contributed by atoms with Gasteiger partial charge in [-0.05, 0) is 56.6 Å². The third-order valence-electron chi connectivity index (χ3n) is 4.44. The number of carbonyl (C=O) groups is 1. The lowest BCUT2D eigenvalue weighted by atomic mass is 9.96. The lowest BCUT2D eigenvalue weighted by Gasteiger charge is -2.31. The Balaban J connectivity index is 0.00000225. The van der Waals surface area contributed by atoms with E-state index in [4.69, 9.17) is 16.0 Å². The number of likely N-dealkylation sites (tertiary alicyclic amines) is 1. The van der Waals surface area contributed by atoms with Gasteiger partial charge >= 0.3 is 0 Å². The minimum atomic E-state index is 0. The van der Waals surface area contributed by atoms with Gasteiger partial charge in [-0.1, -0.05) is 11.6 Å². The summed E-state index contributed by atoms with van der Waals surface area (Å²) in [7, 11) is 1.97. The van der Waals surface area contributed by atoms with Crippen molar-refractivity contribution in [1.82, 2.24) is 15.2 Å². The van der Waals surface area contributed by atoms with Gasteiger partial charge in [0.2, 0.25) is 11.8 Å². The van der Waals surface area contributed by atoms with Crippen LogP contribution in [0.2, 0.25) is 5.02 Å². The molecule has 0 radical (unpaired) electrons. The number of nitrogens with one attached hydrogen (secondary N) is 1. The number of halogens is 2. The Bertz CT molecular complexity index is 680. The number of oxazole rings is 1. The van der Waals surface area contributed by atoms with E-state index in [-0.39, 0.29) is 24.7 Å². The summed E-state index contributed by atoms with van der Waals surface area (Å²) in [5.41, 5.74) is 1.52. The predicted molar refractivity (Wildman–Crippen MR) is 101 cm³/mol. The zero-order valence-electron chi connectivity index (χ0n) is 14.2. The van der Waals surface area contributed by atoms with Crippen molar-refractivity contribution in [3.8, 4) is 11.5 Å². The fraction of sp³-hybridized carbons (Fsp3) is 0.444. The van der Waals surface area contributed by atoms with E-state index in [1.54, 1.807) is 18.4 Å². The summed E-state index contributed by atoms with van der Waals surface area (Å²) in [4.78, 5) is 18.8. The molecule has 3 rings (SSSR count). The summed E-state index contributed by atoms with van der Waals surface area (Å²) < 4.78 is 5.49. The van der Waals surface area contributed by atoms with Crippen molar-refractivity contribution >= 4 is 29.9 Å². The van der Waals surface area contributed by atoms with Crippen LogP contribution in [0, 0.1) is 5.92 Å². The molecule has 2 aromatic rings. The zero-order chi connectivity index (χ0) is 16.9. The summed E-state index contributed by atoms with van der Waals surface area (Å²) in [5, 5.41) is 3.88. The third kappa shape index (κ3) is 5.21. The largest absolute Gasteiger partial charge is 0.444 e. The summed E-state index contributed by atoms with van der Waals surface area (Å²) in [5.74, 6) is 1.30. The maximum Gasteiger partial charge on any atom is 0.228 e. The van der Waals surface area contributed by atoms with Crippen molar-refractivity contribution in [2.45, 2.75) is 19.3 Å². The molecule has 5 nitrogen and oxygen atoms in total. The van der Waals surface area contributed by atoms with Crippen molar-refractivity contribution in [3.63, 3.8) is 0 Å². The van der Waals surface area contributed by atoms with E-state index in [0.717, 1.165) is 38.0 Å². The summed E-state index contributed by atoms with van der Waals surface area (Å²) in [6.07, 6.45) is 3.96. The van der Waals surface area contributed by atoms with Gasteiger partial charge in [0, 0.05) is 23.7 Å². The van der Waals surface area contributed by atoms with Gasteiger partial charge in [-0.2, -0.15) is 0 Å². The number of carbonyl (C=O) groups excluding carboxylic acids is 1. The summed E-state index contributed by atoms with van der Waals surface area (Å²) >= 11 is 5.88. The molecule has 0 atom stereocenters. The molecule has 1 aromatic carbocycles. The van der Waals surface area contributed by atoms with Crippen molar-refractivity contribution in [2.24, 2.45) is 5.92 Å². The molecule has 7 heteroatoms. The fourth-order valence-corrected chi connectivity index (χ4v) is 3.18. The monoisotopic (exact) mass is 383 g/mol. The van der Waals surface area contributed by atoms with Gasteiger partial charge in [-0.3, -0.25) is 4.79 Å². The van der Waals surface area contributed by atoms with Crippen LogP contribution >= 0.6 is 24.0 Å². The fourth-order valence-electron chi connectivity index (χ4n) is 3.06. The van der Waals surface area contributed by atoms with E-state index in [1.165, 1.54) is 0 Å². The van der Waals surface area contributed by atoms with Gasteiger partial charge in [0.05, 0.1) is 12.1 Å². The molecule has 1 N–H and O–H groups in total. The Morgan fingerprint density at radius 1 is 1.32 bits per heavy atom. The molecule has 1 amide bonds. The molecule has 2 heterocycles. The van der Waals surface area contributed by atoms with Crippen LogP contribution in [0.5, 0.6) is 0 Å². The maximum atomic E-state index is 12.4. The van der Waals surface area contributed by atoms with Crippen LogP contribution in [0.1, 0.15) is 18.5 Å². The Labute approximate surface area is 159 Å². The number of benzene rings is 1. The first-order valence-electron chi connectivity index (χ1n) is 8.28. The number of aromatic nitrogens is 1. The van der Waals surface area contributed by atoms with Gasteiger partial charge in [0.15, 0.2) is 0 Å². The lowest BCUT2D eigenvalue weighted by Crippen LogP contribution is -2.41. The van der Waals surface area contributed by atoms with Crippen molar-refractivity contribution < 1.29 is 9.21 Å². The second-order valence-electron chi connectivity index (χ2n) is 6.21. The van der Waals surface area contributed by atoms with Crippen molar-refractivity contribution in [1.29, 1.82) is 0 Å². The molecule has 136 valence electrons. The van der Waals surface area contributed by atoms with E-state index in [9.17, 15) is 4.79 Å². The average Bonchev–Trinajstić information content (AvgIpc) is 3.05. The van der Waals surface area contributed by atoms with Gasteiger partial charge < -0.3 is 14.6 Å². The number of hydrogen-bond donors (Lipinski definition) is 1. The molecule has 0 spiro atoms. The molecule has 1 fully saturated rings. The maximum absolute atomic E-state index is 12.4. The van der Waals surface area contributed by atoms with Crippen LogP contribution in [0.25, 0.3) is 11.5 Å². The highest BCUT2D eigenvalue weighted by molar-refractivity contribution is 6.30. The second-order valence-corrected chi connectivity index (χ2v) is 6.65. The second kappa shape index (κ2) is 9.22. The standard InChI is InChI=1S/C18H22ClN3O2.ClH/c1-20-11-13-6-8-22(9-7-13)17(23)10-16-12-24-18(21-16)14-2-4-15(19)5-3-14;/h2-5,12-13,20H,6-11H2,1H3;1H. The highest BCUT2D eigenvalue weighted by Gasteiger charge is 2.23. The van der Waals surface area contributed by atoms with Crippen molar-refractivity contribution in [3.05, 3.63) is 41.2 Å². The normalized spacial score (nSPS) is 15.0. The quantitative estimate of drug-likeness (QED) is 0.858. The molecule has 1 aliphatic heterocycles. The molecule has 1 aliphatic rings. The van der Waals surface area contributed by atoms with Crippen LogP contribution in [0.3, 0.4) is 0 Å². The highest BCUT2D eigenvalue weighted by Crippen LogP contribution is 2.22. The molecule has 0 saturated carbocycles. The molecule has 1 saturated heterocycles. The highest BCUT2D eigenvalue weighted by atomic mass is 35.5. The van der Waals surface area contributed by atoms with Gasteiger partial charge in [0.1, 0.15) is 6.26 Å². The van der Waals surface area contributed by atoms with Crippen LogP contribution in [-0.2, 0) is 11.2 Å². The van der Waals surface area contributed by atoms with E-state index < -0.39 is 0 Å². The molecule has 0 aliphatic carbocycles. The zero-order valence-corrected chi connectivity index (χ0v) is 15.8. The van der Waals surface area contributed by atoms with E-state index in [1.807, 2.05) is 24.1 Å².